The lowest BCUT2D eigenvalue weighted by Gasteiger charge is -2.22. The van der Waals surface area contributed by atoms with Gasteiger partial charge in [0.05, 0.1) is 0 Å². The van der Waals surface area contributed by atoms with E-state index in [0.29, 0.717) is 11.9 Å². The second-order valence-electron chi connectivity index (χ2n) is 3.51. The Balaban J connectivity index is 2.46. The van der Waals surface area contributed by atoms with E-state index < -0.39 is 0 Å². The van der Waals surface area contributed by atoms with Gasteiger partial charge in [0.1, 0.15) is 0 Å². The van der Waals surface area contributed by atoms with Gasteiger partial charge in [-0.2, -0.15) is 0 Å². The van der Waals surface area contributed by atoms with Crippen LogP contribution in [0.25, 0.3) is 0 Å². The van der Waals surface area contributed by atoms with Crippen LogP contribution in [-0.2, 0) is 4.79 Å². The molecule has 1 aliphatic carbocycles. The molecule has 0 aromatic rings. The van der Waals surface area contributed by atoms with Gasteiger partial charge < -0.3 is 4.90 Å². The number of hydrogen-bond donors (Lipinski definition) is 0. The van der Waals surface area contributed by atoms with Gasteiger partial charge >= 0.3 is 0 Å². The highest BCUT2D eigenvalue weighted by atomic mass is 16.2. The molecule has 0 unspecified atom stereocenters. The van der Waals surface area contributed by atoms with E-state index >= 15 is 0 Å². The summed E-state index contributed by atoms with van der Waals surface area (Å²) in [6.07, 6.45) is 2.43. The first-order valence-electron chi connectivity index (χ1n) is 4.47. The Bertz CT molecular complexity index is 150. The first-order valence-corrected chi connectivity index (χ1v) is 4.47. The highest BCUT2D eigenvalue weighted by Gasteiger charge is 2.31. The van der Waals surface area contributed by atoms with E-state index in [0.717, 1.165) is 6.54 Å². The van der Waals surface area contributed by atoms with Crippen LogP contribution in [0, 0.1) is 5.92 Å². The summed E-state index contributed by atoms with van der Waals surface area (Å²) < 4.78 is 0. The fourth-order valence-corrected chi connectivity index (χ4v) is 1.31. The molecule has 11 heavy (non-hydrogen) atoms. The SMILES string of the molecule is CCN(C(=O)C(C)C)C1CC1. The van der Waals surface area contributed by atoms with Gasteiger partial charge in [-0.3, -0.25) is 4.79 Å². The van der Waals surface area contributed by atoms with Gasteiger partial charge in [-0.25, -0.2) is 0 Å². The zero-order valence-electron chi connectivity index (χ0n) is 7.63. The zero-order chi connectivity index (χ0) is 8.43. The van der Waals surface area contributed by atoms with Gasteiger partial charge in [0.2, 0.25) is 5.91 Å². The Morgan fingerprint density at radius 1 is 1.55 bits per heavy atom. The monoisotopic (exact) mass is 155 g/mol. The van der Waals surface area contributed by atoms with Crippen molar-refractivity contribution in [1.29, 1.82) is 0 Å². The van der Waals surface area contributed by atoms with Crippen LogP contribution in [-0.4, -0.2) is 23.4 Å². The van der Waals surface area contributed by atoms with Crippen LogP contribution >= 0.6 is 0 Å². The Morgan fingerprint density at radius 3 is 2.36 bits per heavy atom. The maximum absolute atomic E-state index is 11.5. The lowest BCUT2D eigenvalue weighted by atomic mass is 10.2. The van der Waals surface area contributed by atoms with Gasteiger partial charge in [-0.05, 0) is 19.8 Å². The minimum Gasteiger partial charge on any atom is -0.340 e. The van der Waals surface area contributed by atoms with Gasteiger partial charge in [-0.15, -0.1) is 0 Å². The van der Waals surface area contributed by atoms with Crippen molar-refractivity contribution in [3.63, 3.8) is 0 Å². The van der Waals surface area contributed by atoms with E-state index in [1.54, 1.807) is 0 Å². The summed E-state index contributed by atoms with van der Waals surface area (Å²) in [5.41, 5.74) is 0. The van der Waals surface area contributed by atoms with Crippen molar-refractivity contribution in [2.75, 3.05) is 6.54 Å². The Morgan fingerprint density at radius 2 is 2.09 bits per heavy atom. The van der Waals surface area contributed by atoms with E-state index in [9.17, 15) is 4.79 Å². The highest BCUT2D eigenvalue weighted by Crippen LogP contribution is 2.27. The maximum atomic E-state index is 11.5. The lowest BCUT2D eigenvalue weighted by molar-refractivity contribution is -0.134. The molecule has 64 valence electrons. The number of hydrogen-bond acceptors (Lipinski definition) is 1. The topological polar surface area (TPSA) is 20.3 Å². The molecule has 0 aromatic heterocycles. The molecule has 1 fully saturated rings. The fourth-order valence-electron chi connectivity index (χ4n) is 1.31. The minimum absolute atomic E-state index is 0.163. The molecule has 0 N–H and O–H groups in total. The molecule has 1 aliphatic rings. The number of carbonyl (C=O) groups excluding carboxylic acids is 1. The van der Waals surface area contributed by atoms with Crippen molar-refractivity contribution in [1.82, 2.24) is 4.90 Å². The number of nitrogens with zero attached hydrogens (tertiary/aromatic N) is 1. The van der Waals surface area contributed by atoms with Crippen LogP contribution in [0.15, 0.2) is 0 Å². The quantitative estimate of drug-likeness (QED) is 0.607. The molecule has 2 nitrogen and oxygen atoms in total. The van der Waals surface area contributed by atoms with Crippen molar-refractivity contribution in [3.05, 3.63) is 0 Å². The normalized spacial score (nSPS) is 17.1. The summed E-state index contributed by atoms with van der Waals surface area (Å²) in [4.78, 5) is 13.5. The molecule has 2 heteroatoms. The molecule has 1 saturated carbocycles. The largest absolute Gasteiger partial charge is 0.340 e. The van der Waals surface area contributed by atoms with Crippen LogP contribution in [0.3, 0.4) is 0 Å². The second kappa shape index (κ2) is 3.24. The van der Waals surface area contributed by atoms with Crippen molar-refractivity contribution in [2.45, 2.75) is 39.7 Å². The Kier molecular flexibility index (Phi) is 2.53. The fraction of sp³-hybridized carbons (Fsp3) is 0.889. The molecule has 0 spiro atoms. The summed E-state index contributed by atoms with van der Waals surface area (Å²) in [5.74, 6) is 0.477. The molecule has 1 amide bonds. The number of carbonyl (C=O) groups is 1. The van der Waals surface area contributed by atoms with Gasteiger partial charge in [0, 0.05) is 18.5 Å². The van der Waals surface area contributed by atoms with Gasteiger partial charge in [-0.1, -0.05) is 13.8 Å². The van der Waals surface area contributed by atoms with E-state index in [4.69, 9.17) is 0 Å². The summed E-state index contributed by atoms with van der Waals surface area (Å²) in [5, 5.41) is 0. The minimum atomic E-state index is 0.163. The molecule has 1 rings (SSSR count). The molecular weight excluding hydrogens is 138 g/mol. The van der Waals surface area contributed by atoms with E-state index in [1.165, 1.54) is 12.8 Å². The highest BCUT2D eigenvalue weighted by molar-refractivity contribution is 5.78. The Labute approximate surface area is 68.6 Å². The third kappa shape index (κ3) is 1.95. The molecule has 0 bridgehead atoms. The molecule has 0 aliphatic heterocycles. The van der Waals surface area contributed by atoms with Crippen molar-refractivity contribution >= 4 is 5.91 Å². The smallest absolute Gasteiger partial charge is 0.225 e. The van der Waals surface area contributed by atoms with Crippen LogP contribution in [0.5, 0.6) is 0 Å². The molecule has 0 radical (unpaired) electrons. The number of rotatable bonds is 3. The summed E-state index contributed by atoms with van der Waals surface area (Å²) in [7, 11) is 0. The zero-order valence-corrected chi connectivity index (χ0v) is 7.63. The van der Waals surface area contributed by atoms with Crippen LogP contribution in [0.1, 0.15) is 33.6 Å². The molecular formula is C9H17NO. The van der Waals surface area contributed by atoms with Crippen LogP contribution < -0.4 is 0 Å². The van der Waals surface area contributed by atoms with E-state index in [2.05, 4.69) is 6.92 Å². The first kappa shape index (κ1) is 8.57. The summed E-state index contributed by atoms with van der Waals surface area (Å²) in [6.45, 7) is 6.86. The van der Waals surface area contributed by atoms with Crippen LogP contribution in [0.2, 0.25) is 0 Å². The third-order valence-corrected chi connectivity index (χ3v) is 2.11. The second-order valence-corrected chi connectivity index (χ2v) is 3.51. The van der Waals surface area contributed by atoms with Gasteiger partial charge in [0.15, 0.2) is 0 Å². The van der Waals surface area contributed by atoms with Crippen molar-refractivity contribution in [3.8, 4) is 0 Å². The Hall–Kier alpha value is -0.530. The summed E-state index contributed by atoms with van der Waals surface area (Å²) >= 11 is 0. The average Bonchev–Trinajstić information content (AvgIpc) is 2.72. The summed E-state index contributed by atoms with van der Waals surface area (Å²) in [6, 6.07) is 0.579. The van der Waals surface area contributed by atoms with Crippen molar-refractivity contribution < 1.29 is 4.79 Å². The number of amides is 1. The van der Waals surface area contributed by atoms with Gasteiger partial charge in [0.25, 0.3) is 0 Å². The van der Waals surface area contributed by atoms with Crippen molar-refractivity contribution in [2.24, 2.45) is 5.92 Å². The predicted molar refractivity (Wildman–Crippen MR) is 45.2 cm³/mol. The predicted octanol–water partition coefficient (Wildman–Crippen LogP) is 1.65. The standard InChI is InChI=1S/C9H17NO/c1-4-10(8-5-6-8)9(11)7(2)3/h7-8H,4-6H2,1-3H3. The lowest BCUT2D eigenvalue weighted by Crippen LogP contribution is -2.35. The average molecular weight is 155 g/mol. The van der Waals surface area contributed by atoms with E-state index in [1.807, 2.05) is 18.7 Å². The first-order chi connectivity index (χ1) is 5.16. The molecule has 0 aromatic carbocycles. The maximum Gasteiger partial charge on any atom is 0.225 e. The molecule has 0 heterocycles. The van der Waals surface area contributed by atoms with Crippen LogP contribution in [0.4, 0.5) is 0 Å². The molecule has 0 saturated heterocycles. The van der Waals surface area contributed by atoms with E-state index in [-0.39, 0.29) is 5.92 Å². The molecule has 0 atom stereocenters. The third-order valence-electron chi connectivity index (χ3n) is 2.11.